The van der Waals surface area contributed by atoms with Gasteiger partial charge in [-0.2, -0.15) is 0 Å². The maximum atomic E-state index is 8.93. The van der Waals surface area contributed by atoms with E-state index in [1.807, 2.05) is 121 Å². The normalized spacial score (nSPS) is 12.3. The fourth-order valence-corrected chi connectivity index (χ4v) is 3.41. The van der Waals surface area contributed by atoms with Gasteiger partial charge in [-0.15, -0.1) is 34.3 Å². The third-order valence-corrected chi connectivity index (χ3v) is 5.47. The zero-order chi connectivity index (χ0) is 31.5. The molecule has 0 spiro atoms. The van der Waals surface area contributed by atoms with E-state index in [0.717, 1.165) is 22.3 Å². The predicted octanol–water partition coefficient (Wildman–Crippen LogP) is 5.28. The summed E-state index contributed by atoms with van der Waals surface area (Å²) < 4.78 is 0. The summed E-state index contributed by atoms with van der Waals surface area (Å²) in [6.07, 6.45) is 0. The van der Waals surface area contributed by atoms with Crippen LogP contribution in [0.25, 0.3) is 22.9 Å². The van der Waals surface area contributed by atoms with Crippen LogP contribution in [-0.2, 0) is 26.4 Å². The second-order valence-electron chi connectivity index (χ2n) is 8.37. The van der Waals surface area contributed by atoms with Gasteiger partial charge in [0.2, 0.25) is 0 Å². The molecule has 5 N–H and O–H groups in total. The molecule has 228 valence electrons. The van der Waals surface area contributed by atoms with Crippen LogP contribution in [0.4, 0.5) is 0 Å². The summed E-state index contributed by atoms with van der Waals surface area (Å²) in [5.41, 5.74) is 35.9. The number of carbonyl (C=O) groups excluding carboxylic acids is 2. The largest absolute Gasteiger partial charge is 3.00 e. The minimum absolute atomic E-state index is 0. The average Bonchev–Trinajstić information content (AvgIpc) is 3.01. The van der Waals surface area contributed by atoms with Crippen molar-refractivity contribution in [1.29, 1.82) is 0 Å². The van der Waals surface area contributed by atoms with E-state index in [0.29, 0.717) is 0 Å². The second kappa shape index (κ2) is 21.1. The zero-order valence-electron chi connectivity index (χ0n) is 22.5. The molecule has 13 heteroatoms. The second-order valence-corrected chi connectivity index (χ2v) is 8.37. The molecule has 0 saturated carbocycles. The van der Waals surface area contributed by atoms with Gasteiger partial charge in [-0.1, -0.05) is 144 Å². The van der Waals surface area contributed by atoms with Crippen LogP contribution in [0, 0.1) is 10.1 Å². The maximum Gasteiger partial charge on any atom is 3.00 e. The van der Waals surface area contributed by atoms with E-state index in [1.54, 1.807) is 0 Å². The molecule has 0 bridgehead atoms. The van der Waals surface area contributed by atoms with Gasteiger partial charge in [0.05, 0.1) is 11.9 Å². The van der Waals surface area contributed by atoms with Crippen LogP contribution < -0.4 is 10.2 Å². The number of aliphatic carboxylic acids is 2. The number of carboxylic acids is 2. The summed E-state index contributed by atoms with van der Waals surface area (Å²) in [7, 11) is 0. The van der Waals surface area contributed by atoms with Gasteiger partial charge < -0.3 is 47.9 Å². The van der Waals surface area contributed by atoms with E-state index < -0.39 is 41.2 Å². The number of rotatable bonds is 6. The summed E-state index contributed by atoms with van der Waals surface area (Å²) in [6.45, 7) is 0. The summed E-state index contributed by atoms with van der Waals surface area (Å²) >= 11 is 0. The van der Waals surface area contributed by atoms with Crippen LogP contribution in [0.3, 0.4) is 0 Å². The number of hydrogen-bond acceptors (Lipinski definition) is 6. The Morgan fingerprint density at radius 1 is 0.512 bits per heavy atom. The molecule has 4 rings (SSSR count). The molecule has 43 heavy (non-hydrogen) atoms. The molecular formula is C30H29CoN5O7-3. The van der Waals surface area contributed by atoms with Gasteiger partial charge in [-0.25, -0.2) is 0 Å². The van der Waals surface area contributed by atoms with Crippen molar-refractivity contribution in [2.45, 2.75) is 24.2 Å². The minimum atomic E-state index is -2.19. The SMILES string of the molecule is O=C([O-])C(=O)[O-].O=[N+]([O-])O.[Co+3].[NH-]C(c1ccccc1)C([NH-])c1ccccc1.[NH-]C(c1ccccc1)C([NH-])c1ccccc1. The summed E-state index contributed by atoms with van der Waals surface area (Å²) in [5, 5.41) is 31.5. The fraction of sp³-hybridized carbons (Fsp3) is 0.133. The van der Waals surface area contributed by atoms with Crippen molar-refractivity contribution in [1.82, 2.24) is 0 Å². The van der Waals surface area contributed by atoms with Crippen LogP contribution in [0.2, 0.25) is 0 Å². The van der Waals surface area contributed by atoms with Crippen LogP contribution in [0.5, 0.6) is 0 Å². The fourth-order valence-electron chi connectivity index (χ4n) is 3.41. The Labute approximate surface area is 259 Å². The molecule has 0 aromatic heterocycles. The third-order valence-electron chi connectivity index (χ3n) is 5.47. The molecule has 4 aromatic carbocycles. The Morgan fingerprint density at radius 3 is 0.767 bits per heavy atom. The summed E-state index contributed by atoms with van der Waals surface area (Å²) in [6, 6.07) is 36.1. The molecule has 4 atom stereocenters. The van der Waals surface area contributed by atoms with E-state index in [4.69, 9.17) is 58.1 Å². The summed E-state index contributed by atoms with van der Waals surface area (Å²) in [5.74, 6) is -4.37. The van der Waals surface area contributed by atoms with Gasteiger partial charge in [0.25, 0.3) is 5.09 Å². The topological polar surface area (TPSA) is 239 Å². The van der Waals surface area contributed by atoms with Crippen LogP contribution in [0.15, 0.2) is 121 Å². The average molecular weight is 631 g/mol. The van der Waals surface area contributed by atoms with Gasteiger partial charge in [0.1, 0.15) is 0 Å². The van der Waals surface area contributed by atoms with Crippen molar-refractivity contribution in [2.24, 2.45) is 0 Å². The van der Waals surface area contributed by atoms with E-state index in [2.05, 4.69) is 0 Å². The van der Waals surface area contributed by atoms with Gasteiger partial charge in [0, 0.05) is 0 Å². The standard InChI is InChI=1S/2C14H14N2.C2H2O4.Co.HNO3/c2*15-13(11-7-3-1-4-8-11)14(16)12-9-5-2-6-10-12;3-1(4)2(5)6;;2-1(3)4/h2*1-10,13-16H;(H,3,4)(H,5,6);;(H,2,3,4)/q2*-2;;+3;/p-2. The van der Waals surface area contributed by atoms with E-state index in [1.165, 1.54) is 0 Å². The molecule has 0 aliphatic heterocycles. The summed E-state index contributed by atoms with van der Waals surface area (Å²) in [4.78, 5) is 26.2. The van der Waals surface area contributed by atoms with Crippen molar-refractivity contribution in [3.8, 4) is 0 Å². The molecule has 0 fully saturated rings. The molecule has 0 radical (unpaired) electrons. The number of benzene rings is 4. The Hall–Kier alpha value is -4.63. The molecule has 0 aliphatic rings. The molecule has 0 heterocycles. The smallest absolute Gasteiger partial charge is 0.672 e. The molecule has 4 aromatic rings. The Bertz CT molecular complexity index is 1150. The van der Waals surface area contributed by atoms with Crippen LogP contribution in [-0.4, -0.2) is 22.2 Å². The van der Waals surface area contributed by atoms with Crippen LogP contribution in [0.1, 0.15) is 46.4 Å². The van der Waals surface area contributed by atoms with Gasteiger partial charge in [-0.3, -0.25) is 0 Å². The van der Waals surface area contributed by atoms with Crippen LogP contribution >= 0.6 is 0 Å². The first-order chi connectivity index (χ1) is 20.0. The minimum Gasteiger partial charge on any atom is -0.672 e. The van der Waals surface area contributed by atoms with Gasteiger partial charge in [0.15, 0.2) is 0 Å². The van der Waals surface area contributed by atoms with E-state index >= 15 is 0 Å². The third kappa shape index (κ3) is 15.2. The Balaban J connectivity index is 0.000000618. The van der Waals surface area contributed by atoms with Gasteiger partial charge >= 0.3 is 16.8 Å². The van der Waals surface area contributed by atoms with Crippen molar-refractivity contribution < 1.29 is 46.9 Å². The number of nitrogens with one attached hydrogen (secondary N) is 4. The zero-order valence-corrected chi connectivity index (χ0v) is 23.6. The number of carboxylic acid groups (broad SMARTS) is 2. The Kier molecular flexibility index (Phi) is 18.8. The van der Waals surface area contributed by atoms with Crippen molar-refractivity contribution in [2.75, 3.05) is 0 Å². The first kappa shape index (κ1) is 38.4. The first-order valence-corrected chi connectivity index (χ1v) is 12.3. The van der Waals surface area contributed by atoms with Gasteiger partial charge in [-0.05, 0) is 0 Å². The number of carbonyl (C=O) groups is 2. The molecule has 12 nitrogen and oxygen atoms in total. The quantitative estimate of drug-likeness (QED) is 0.168. The first-order valence-electron chi connectivity index (χ1n) is 12.3. The number of nitrogens with zero attached hydrogens (tertiary/aromatic N) is 1. The van der Waals surface area contributed by atoms with Crippen molar-refractivity contribution in [3.05, 3.63) is 177 Å². The molecule has 0 aliphatic carbocycles. The predicted molar refractivity (Wildman–Crippen MR) is 153 cm³/mol. The monoisotopic (exact) mass is 630 g/mol. The Morgan fingerprint density at radius 2 is 0.651 bits per heavy atom. The van der Waals surface area contributed by atoms with E-state index in [-0.39, 0.29) is 16.8 Å². The van der Waals surface area contributed by atoms with Crippen molar-refractivity contribution >= 4 is 11.9 Å². The molecule has 0 saturated heterocycles. The molecule has 4 unspecified atom stereocenters. The maximum absolute atomic E-state index is 8.93. The molecule has 0 amide bonds. The number of hydrogen-bond donors (Lipinski definition) is 1. The van der Waals surface area contributed by atoms with E-state index in [9.17, 15) is 0 Å². The molecular weight excluding hydrogens is 601 g/mol. The van der Waals surface area contributed by atoms with Crippen molar-refractivity contribution in [3.63, 3.8) is 0 Å².